The second kappa shape index (κ2) is 8.96. The van der Waals surface area contributed by atoms with Gasteiger partial charge in [-0.3, -0.25) is 0 Å². The third kappa shape index (κ3) is 4.17. The second-order valence-electron chi connectivity index (χ2n) is 6.07. The molecule has 8 heteroatoms. The predicted molar refractivity (Wildman–Crippen MR) is 114 cm³/mol. The zero-order chi connectivity index (χ0) is 20.3. The highest BCUT2D eigenvalue weighted by atomic mass is 79.9. The SMILES string of the molecule is CCOC(=O)C1Nc2ccc(Br)cc2C(C(=O)OCC)N1c1ccc(Br)cc1. The second-order valence-corrected chi connectivity index (χ2v) is 7.90. The highest BCUT2D eigenvalue weighted by molar-refractivity contribution is 9.10. The summed E-state index contributed by atoms with van der Waals surface area (Å²) in [6, 6.07) is 12.1. The van der Waals surface area contributed by atoms with E-state index in [9.17, 15) is 9.59 Å². The highest BCUT2D eigenvalue weighted by Crippen LogP contribution is 2.40. The molecular formula is C20H20Br2N2O4. The van der Waals surface area contributed by atoms with Gasteiger partial charge in [-0.25, -0.2) is 9.59 Å². The number of carbonyl (C=O) groups excluding carboxylic acids is 2. The molecule has 0 aliphatic carbocycles. The molecule has 0 aromatic heterocycles. The van der Waals surface area contributed by atoms with Crippen molar-refractivity contribution in [3.8, 4) is 0 Å². The van der Waals surface area contributed by atoms with Crippen molar-refractivity contribution in [2.24, 2.45) is 0 Å². The Morgan fingerprint density at radius 1 is 0.964 bits per heavy atom. The molecule has 0 spiro atoms. The molecule has 0 fully saturated rings. The monoisotopic (exact) mass is 510 g/mol. The van der Waals surface area contributed by atoms with Crippen LogP contribution in [0.25, 0.3) is 0 Å². The van der Waals surface area contributed by atoms with Gasteiger partial charge >= 0.3 is 11.9 Å². The number of fused-ring (bicyclic) bond motifs is 1. The van der Waals surface area contributed by atoms with E-state index in [-0.39, 0.29) is 13.2 Å². The lowest BCUT2D eigenvalue weighted by Gasteiger charge is -2.42. The van der Waals surface area contributed by atoms with E-state index >= 15 is 0 Å². The van der Waals surface area contributed by atoms with Gasteiger partial charge in [-0.2, -0.15) is 0 Å². The van der Waals surface area contributed by atoms with E-state index in [4.69, 9.17) is 9.47 Å². The van der Waals surface area contributed by atoms with Crippen LogP contribution in [0.15, 0.2) is 51.4 Å². The molecule has 0 radical (unpaired) electrons. The van der Waals surface area contributed by atoms with Crippen LogP contribution < -0.4 is 10.2 Å². The first-order valence-electron chi connectivity index (χ1n) is 8.89. The molecule has 2 atom stereocenters. The summed E-state index contributed by atoms with van der Waals surface area (Å²) in [6.45, 7) is 3.99. The molecular weight excluding hydrogens is 492 g/mol. The minimum absolute atomic E-state index is 0.239. The minimum atomic E-state index is -0.871. The third-order valence-electron chi connectivity index (χ3n) is 4.30. The lowest BCUT2D eigenvalue weighted by molar-refractivity contribution is -0.147. The Hall–Kier alpha value is -2.06. The standard InChI is InChI=1S/C20H20Br2N2O4/c1-3-27-19(25)17-15-11-13(22)7-10-16(15)23-18(20(26)28-4-2)24(17)14-8-5-12(21)6-9-14/h5-11,17-18,23H,3-4H2,1-2H3. The number of hydrogen-bond donors (Lipinski definition) is 1. The molecule has 1 heterocycles. The van der Waals surface area contributed by atoms with Gasteiger partial charge in [0.2, 0.25) is 6.17 Å². The fourth-order valence-corrected chi connectivity index (χ4v) is 3.82. The summed E-state index contributed by atoms with van der Waals surface area (Å²) in [6.07, 6.45) is -0.871. The van der Waals surface area contributed by atoms with Gasteiger partial charge in [0.15, 0.2) is 6.04 Å². The summed E-state index contributed by atoms with van der Waals surface area (Å²) in [5, 5.41) is 3.21. The number of rotatable bonds is 5. The number of benzene rings is 2. The predicted octanol–water partition coefficient (Wildman–Crippen LogP) is 4.64. The average molecular weight is 512 g/mol. The zero-order valence-corrected chi connectivity index (χ0v) is 18.6. The molecule has 1 N–H and O–H groups in total. The Bertz CT molecular complexity index is 873. The van der Waals surface area contributed by atoms with E-state index in [0.29, 0.717) is 11.4 Å². The van der Waals surface area contributed by atoms with Crippen molar-refractivity contribution in [2.45, 2.75) is 26.1 Å². The highest BCUT2D eigenvalue weighted by Gasteiger charge is 2.43. The Morgan fingerprint density at radius 2 is 1.57 bits per heavy atom. The normalized spacial score (nSPS) is 18.1. The van der Waals surface area contributed by atoms with Crippen LogP contribution in [0.1, 0.15) is 25.5 Å². The number of esters is 2. The number of hydrogen-bond acceptors (Lipinski definition) is 6. The number of nitrogens with one attached hydrogen (secondary N) is 1. The van der Waals surface area contributed by atoms with Gasteiger partial charge in [0.1, 0.15) is 0 Å². The van der Waals surface area contributed by atoms with E-state index in [1.807, 2.05) is 42.5 Å². The molecule has 0 saturated heterocycles. The summed E-state index contributed by atoms with van der Waals surface area (Å²) in [4.78, 5) is 27.4. The van der Waals surface area contributed by atoms with Crippen molar-refractivity contribution in [3.05, 3.63) is 57.0 Å². The van der Waals surface area contributed by atoms with Crippen LogP contribution in [0, 0.1) is 0 Å². The van der Waals surface area contributed by atoms with Crippen LogP contribution in [-0.4, -0.2) is 31.3 Å². The lowest BCUT2D eigenvalue weighted by atomic mass is 9.98. The van der Waals surface area contributed by atoms with Crippen molar-refractivity contribution < 1.29 is 19.1 Å². The van der Waals surface area contributed by atoms with E-state index in [2.05, 4.69) is 37.2 Å². The van der Waals surface area contributed by atoms with Crippen LogP contribution in [-0.2, 0) is 19.1 Å². The molecule has 1 aliphatic rings. The zero-order valence-electron chi connectivity index (χ0n) is 15.4. The first kappa shape index (κ1) is 20.7. The molecule has 3 rings (SSSR count). The number of nitrogens with zero attached hydrogens (tertiary/aromatic N) is 1. The van der Waals surface area contributed by atoms with Crippen molar-refractivity contribution in [1.82, 2.24) is 0 Å². The summed E-state index contributed by atoms with van der Waals surface area (Å²) < 4.78 is 12.3. The molecule has 28 heavy (non-hydrogen) atoms. The van der Waals surface area contributed by atoms with E-state index in [1.165, 1.54) is 0 Å². The largest absolute Gasteiger partial charge is 0.464 e. The average Bonchev–Trinajstić information content (AvgIpc) is 2.67. The molecule has 2 unspecified atom stereocenters. The number of halogens is 2. The van der Waals surface area contributed by atoms with E-state index < -0.39 is 24.1 Å². The van der Waals surface area contributed by atoms with E-state index in [0.717, 1.165) is 14.5 Å². The Kier molecular flexibility index (Phi) is 6.61. The number of ether oxygens (including phenoxy) is 2. The van der Waals surface area contributed by atoms with Gasteiger partial charge in [-0.05, 0) is 56.3 Å². The maximum atomic E-state index is 13.0. The maximum absolute atomic E-state index is 13.0. The summed E-state index contributed by atoms with van der Waals surface area (Å²) in [5.41, 5.74) is 2.10. The smallest absolute Gasteiger partial charge is 0.349 e. The van der Waals surface area contributed by atoms with Gasteiger partial charge in [-0.15, -0.1) is 0 Å². The van der Waals surface area contributed by atoms with Gasteiger partial charge in [0, 0.05) is 25.9 Å². The quantitative estimate of drug-likeness (QED) is 0.590. The third-order valence-corrected chi connectivity index (χ3v) is 5.32. The van der Waals surface area contributed by atoms with Crippen LogP contribution in [0.5, 0.6) is 0 Å². The molecule has 148 valence electrons. The van der Waals surface area contributed by atoms with Gasteiger partial charge in [0.05, 0.1) is 13.2 Å². The van der Waals surface area contributed by atoms with Gasteiger partial charge in [0.25, 0.3) is 0 Å². The Balaban J connectivity index is 2.18. The maximum Gasteiger partial charge on any atom is 0.349 e. The van der Waals surface area contributed by atoms with Gasteiger partial charge in [-0.1, -0.05) is 31.9 Å². The molecule has 2 aromatic rings. The van der Waals surface area contributed by atoms with Crippen LogP contribution in [0.2, 0.25) is 0 Å². The molecule has 0 saturated carbocycles. The van der Waals surface area contributed by atoms with Crippen LogP contribution in [0.4, 0.5) is 11.4 Å². The summed E-state index contributed by atoms with van der Waals surface area (Å²) >= 11 is 6.88. The molecule has 2 aromatic carbocycles. The summed E-state index contributed by atoms with van der Waals surface area (Å²) in [5.74, 6) is -0.895. The molecule has 0 amide bonds. The number of anilines is 2. The van der Waals surface area contributed by atoms with Crippen molar-refractivity contribution in [2.75, 3.05) is 23.4 Å². The van der Waals surface area contributed by atoms with Crippen molar-refractivity contribution >= 4 is 55.2 Å². The van der Waals surface area contributed by atoms with Crippen molar-refractivity contribution in [3.63, 3.8) is 0 Å². The lowest BCUT2D eigenvalue weighted by Crippen LogP contribution is -2.54. The first-order valence-corrected chi connectivity index (χ1v) is 10.5. The molecule has 0 bridgehead atoms. The fraction of sp³-hybridized carbons (Fsp3) is 0.300. The first-order chi connectivity index (χ1) is 13.5. The molecule has 1 aliphatic heterocycles. The van der Waals surface area contributed by atoms with Crippen LogP contribution in [0.3, 0.4) is 0 Å². The Morgan fingerprint density at radius 3 is 2.21 bits per heavy atom. The fourth-order valence-electron chi connectivity index (χ4n) is 3.17. The number of carbonyl (C=O) groups is 2. The van der Waals surface area contributed by atoms with E-state index in [1.54, 1.807) is 18.7 Å². The minimum Gasteiger partial charge on any atom is -0.464 e. The molecule has 6 nitrogen and oxygen atoms in total. The van der Waals surface area contributed by atoms with Crippen LogP contribution >= 0.6 is 31.9 Å². The van der Waals surface area contributed by atoms with Gasteiger partial charge < -0.3 is 19.7 Å². The Labute approximate surface area is 180 Å². The summed E-state index contributed by atoms with van der Waals surface area (Å²) in [7, 11) is 0. The van der Waals surface area contributed by atoms with Crippen molar-refractivity contribution in [1.29, 1.82) is 0 Å². The topological polar surface area (TPSA) is 67.9 Å².